The van der Waals surface area contributed by atoms with E-state index in [0.29, 0.717) is 60.1 Å². The summed E-state index contributed by atoms with van der Waals surface area (Å²) in [6, 6.07) is 15.5. The minimum Gasteiger partial charge on any atom is -0.476 e. The highest BCUT2D eigenvalue weighted by molar-refractivity contribution is 7.85. The van der Waals surface area contributed by atoms with Crippen molar-refractivity contribution < 1.29 is 56.3 Å². The Bertz CT molecular complexity index is 3240. The normalized spacial score (nSPS) is 23.0. The van der Waals surface area contributed by atoms with Gasteiger partial charge >= 0.3 is 18.0 Å². The van der Waals surface area contributed by atoms with E-state index in [0.717, 1.165) is 59.1 Å². The molecule has 5 aliphatic rings. The molecule has 0 spiro atoms. The van der Waals surface area contributed by atoms with Crippen molar-refractivity contribution in [3.8, 4) is 11.1 Å². The topological polar surface area (TPSA) is 262 Å². The molecule has 4 saturated carbocycles. The third kappa shape index (κ3) is 13.2. The predicted molar refractivity (Wildman–Crippen MR) is 298 cm³/mol. The summed E-state index contributed by atoms with van der Waals surface area (Å²) in [5.74, 6) is -3.33. The highest BCUT2D eigenvalue weighted by Crippen LogP contribution is 2.72. The Morgan fingerprint density at radius 1 is 0.861 bits per heavy atom. The fourth-order valence-electron chi connectivity index (χ4n) is 13.8. The summed E-state index contributed by atoms with van der Waals surface area (Å²) in [6.45, 7) is 17.3. The molecule has 3 amide bonds. The molecule has 4 fully saturated rings. The van der Waals surface area contributed by atoms with Gasteiger partial charge in [0.05, 0.1) is 40.8 Å². The quantitative estimate of drug-likeness (QED) is 0.0472. The van der Waals surface area contributed by atoms with E-state index < -0.39 is 75.6 Å². The molecule has 2 unspecified atom stereocenters. The number of carboxylic acid groups (broad SMARTS) is 1. The number of nitrogens with zero attached hydrogens (tertiary/aromatic N) is 6. The number of esters is 1. The highest BCUT2D eigenvalue weighted by Gasteiger charge is 2.66. The third-order valence-corrected chi connectivity index (χ3v) is 17.1. The molecule has 0 radical (unpaired) electrons. The van der Waals surface area contributed by atoms with Crippen molar-refractivity contribution in [1.29, 1.82) is 0 Å². The first kappa shape index (κ1) is 57.2. The van der Waals surface area contributed by atoms with Crippen LogP contribution < -0.4 is 15.5 Å². The Labute approximate surface area is 464 Å². The van der Waals surface area contributed by atoms with Crippen LogP contribution in [0.3, 0.4) is 0 Å². The van der Waals surface area contributed by atoms with Gasteiger partial charge in [-0.3, -0.25) is 28.9 Å². The van der Waals surface area contributed by atoms with E-state index in [1.54, 1.807) is 59.9 Å². The second kappa shape index (κ2) is 21.2. The lowest BCUT2D eigenvalue weighted by Crippen LogP contribution is -2.64. The molecular weight excluding hydrogens is 1050 g/mol. The smallest absolute Gasteiger partial charge is 0.408 e. The molecular formula is C57H72N8O12S2. The van der Waals surface area contributed by atoms with Crippen LogP contribution in [0.1, 0.15) is 138 Å². The van der Waals surface area contributed by atoms with E-state index in [9.17, 15) is 42.0 Å². The number of benzene rings is 2. The largest absolute Gasteiger partial charge is 0.476 e. The summed E-state index contributed by atoms with van der Waals surface area (Å²) in [5, 5.41) is 21.6. The lowest BCUT2D eigenvalue weighted by atomic mass is 9.39. The summed E-state index contributed by atoms with van der Waals surface area (Å²) in [7, 11) is -4.54. The van der Waals surface area contributed by atoms with E-state index in [4.69, 9.17) is 24.3 Å². The SMILES string of the molecule is Cc1c(-c2ccc(N3CCc4cccc(C(=O)Nc5nc6ccccc6s5)c4C3)nc2C(=O)O)cnn1CC12CC3(C)CC(C)(C1)CC(OCCN(CCS(=O)(=O)O)C(=O)[C@H](CC(=O)OC(C)(C)C)NC(=O)OC(C)(C)C)(C3)C2. The summed E-state index contributed by atoms with van der Waals surface area (Å²) in [4.78, 5) is 79.9. The van der Waals surface area contributed by atoms with Gasteiger partial charge in [0, 0.05) is 55.1 Å². The van der Waals surface area contributed by atoms with Crippen LogP contribution in [0.2, 0.25) is 0 Å². The number of anilines is 2. The first-order valence-electron chi connectivity index (χ1n) is 26.8. The van der Waals surface area contributed by atoms with Crippen molar-refractivity contribution in [2.45, 2.75) is 150 Å². The van der Waals surface area contributed by atoms with Gasteiger partial charge in [-0.05, 0) is 151 Å². The van der Waals surface area contributed by atoms with Crippen LogP contribution in [0, 0.1) is 23.2 Å². The monoisotopic (exact) mass is 1120 g/mol. The van der Waals surface area contributed by atoms with Gasteiger partial charge in [-0.25, -0.2) is 19.6 Å². The average Bonchev–Trinajstić information content (AvgIpc) is 4.02. The van der Waals surface area contributed by atoms with Gasteiger partial charge in [0.1, 0.15) is 23.1 Å². The lowest BCUT2D eigenvalue weighted by molar-refractivity contribution is -0.248. The predicted octanol–water partition coefficient (Wildman–Crippen LogP) is 8.85. The summed E-state index contributed by atoms with van der Waals surface area (Å²) in [6.07, 6.45) is 5.76. The first-order valence-corrected chi connectivity index (χ1v) is 29.2. The maximum absolute atomic E-state index is 14.4. The number of aromatic carboxylic acids is 1. The summed E-state index contributed by atoms with van der Waals surface area (Å²) in [5.41, 5.74) is 1.96. The van der Waals surface area contributed by atoms with Crippen LogP contribution in [0.4, 0.5) is 15.7 Å². The maximum Gasteiger partial charge on any atom is 0.408 e. The fourth-order valence-corrected chi connectivity index (χ4v) is 15.1. The van der Waals surface area contributed by atoms with Gasteiger partial charge in [-0.1, -0.05) is 49.4 Å². The van der Waals surface area contributed by atoms with E-state index >= 15 is 0 Å². The van der Waals surface area contributed by atoms with E-state index in [1.807, 2.05) is 59.0 Å². The number of hydrogen-bond acceptors (Lipinski definition) is 15. The molecule has 2 aromatic carbocycles. The van der Waals surface area contributed by atoms with Crippen LogP contribution in [0.15, 0.2) is 60.8 Å². The Hall–Kier alpha value is -6.49. The van der Waals surface area contributed by atoms with Crippen LogP contribution in [-0.2, 0) is 53.4 Å². The number of fused-ring (bicyclic) bond motifs is 2. The standard InChI is InChI=1S/C57H72N8O12S2/c1-35-39(37-17-18-44(61-46(37)49(69)70)64-20-19-36-13-12-14-38(40(36)27-64)47(67)62-50-59-41-15-10-11-16-43(41)78-50)26-58-65(35)34-56-29-54(8)28-55(9,30-56)32-57(31-54,33-56)75-23-21-63(22-24-79(72,73)74)48(68)42(25-45(66)76-52(2,3)4)60-51(71)77-53(5,6)7/h10-18,26,42H,19-25,27-34H2,1-9H3,(H,60,71)(H,69,70)(H,59,62,67)(H,72,73,74)/t42-,54?,55?,56?,57?/m0/s1. The van der Waals surface area contributed by atoms with Crippen LogP contribution in [-0.4, -0.2) is 127 Å². The number of carboxylic acids is 1. The van der Waals surface area contributed by atoms with E-state index in [-0.39, 0.29) is 41.0 Å². The molecule has 4 aliphatic carbocycles. The van der Waals surface area contributed by atoms with Crippen LogP contribution in [0.25, 0.3) is 21.3 Å². The van der Waals surface area contributed by atoms with Gasteiger partial charge in [0.25, 0.3) is 16.0 Å². The molecule has 22 heteroatoms. The molecule has 0 saturated heterocycles. The lowest BCUT2D eigenvalue weighted by Gasteiger charge is -2.69. The number of amides is 3. The number of thiazole rings is 1. The van der Waals surface area contributed by atoms with Crippen LogP contribution in [0.5, 0.6) is 0 Å². The minimum absolute atomic E-state index is 0.0115. The molecule has 3 aromatic heterocycles. The highest BCUT2D eigenvalue weighted by atomic mass is 32.2. The molecule has 4 bridgehead atoms. The number of nitrogens with one attached hydrogen (secondary N) is 2. The Kier molecular flexibility index (Phi) is 15.3. The summed E-state index contributed by atoms with van der Waals surface area (Å²) >= 11 is 1.41. The van der Waals surface area contributed by atoms with Gasteiger partial charge < -0.3 is 34.4 Å². The molecule has 10 rings (SSSR count). The van der Waals surface area contributed by atoms with Crippen molar-refractivity contribution in [3.63, 3.8) is 0 Å². The Morgan fingerprint density at radius 2 is 1.57 bits per heavy atom. The van der Waals surface area contributed by atoms with Crippen molar-refractivity contribution in [1.82, 2.24) is 30.0 Å². The number of para-hydroxylation sites is 1. The zero-order chi connectivity index (χ0) is 57.1. The van der Waals surface area contributed by atoms with Gasteiger partial charge in [0.15, 0.2) is 10.8 Å². The second-order valence-corrected chi connectivity index (χ2v) is 27.6. The number of rotatable bonds is 18. The van der Waals surface area contributed by atoms with E-state index in [2.05, 4.69) is 29.5 Å². The van der Waals surface area contributed by atoms with Crippen molar-refractivity contribution in [3.05, 3.63) is 88.9 Å². The molecule has 4 N–H and O–H groups in total. The number of carbonyl (C=O) groups excluding carboxylic acids is 4. The second-order valence-electron chi connectivity index (χ2n) is 25.0. The molecule has 1 aliphatic heterocycles. The Morgan fingerprint density at radius 3 is 2.24 bits per heavy atom. The zero-order valence-corrected chi connectivity index (χ0v) is 48.1. The number of ether oxygens (including phenoxy) is 3. The third-order valence-electron chi connectivity index (χ3n) is 15.5. The number of alkyl carbamates (subject to hydrolysis) is 1. The zero-order valence-electron chi connectivity index (χ0n) is 46.4. The average molecular weight is 1130 g/mol. The van der Waals surface area contributed by atoms with E-state index in [1.165, 1.54) is 16.2 Å². The fraction of sp³-hybridized carbons (Fsp3) is 0.544. The molecule has 424 valence electrons. The summed E-state index contributed by atoms with van der Waals surface area (Å²) < 4.78 is 54.7. The van der Waals surface area contributed by atoms with Gasteiger partial charge in [-0.2, -0.15) is 13.5 Å². The number of carbonyl (C=O) groups is 5. The molecule has 20 nitrogen and oxygen atoms in total. The molecule has 3 atom stereocenters. The van der Waals surface area contributed by atoms with Crippen molar-refractivity contribution >= 4 is 72.5 Å². The minimum atomic E-state index is -4.54. The van der Waals surface area contributed by atoms with Gasteiger partial charge in [-0.15, -0.1) is 0 Å². The van der Waals surface area contributed by atoms with Gasteiger partial charge in [0.2, 0.25) is 5.91 Å². The van der Waals surface area contributed by atoms with Crippen molar-refractivity contribution in [2.75, 3.05) is 42.2 Å². The number of pyridine rings is 1. The first-order chi connectivity index (χ1) is 36.9. The number of hydrogen-bond donors (Lipinski definition) is 4. The van der Waals surface area contributed by atoms with Crippen LogP contribution >= 0.6 is 11.3 Å². The molecule has 4 heterocycles. The molecule has 5 aromatic rings. The maximum atomic E-state index is 14.4. The Balaban J connectivity index is 0.916. The molecule has 79 heavy (non-hydrogen) atoms. The number of aromatic nitrogens is 4. The van der Waals surface area contributed by atoms with Crippen molar-refractivity contribution in [2.24, 2.45) is 16.2 Å².